The van der Waals surface area contributed by atoms with Crippen molar-refractivity contribution in [3.05, 3.63) is 0 Å². The van der Waals surface area contributed by atoms with Crippen molar-refractivity contribution in [3.63, 3.8) is 0 Å². The second-order valence-corrected chi connectivity index (χ2v) is 4.96. The predicted octanol–water partition coefficient (Wildman–Crippen LogP) is 2.69. The summed E-state index contributed by atoms with van der Waals surface area (Å²) in [5.41, 5.74) is 4.72. The molecule has 0 saturated carbocycles. The van der Waals surface area contributed by atoms with Gasteiger partial charge in [-0.2, -0.15) is 0 Å². The molecule has 0 heterocycles. The zero-order valence-electron chi connectivity index (χ0n) is 9.31. The molecule has 0 aliphatic heterocycles. The highest BCUT2D eigenvalue weighted by Crippen LogP contribution is 2.31. The van der Waals surface area contributed by atoms with Crippen molar-refractivity contribution >= 4 is 6.09 Å². The summed E-state index contributed by atoms with van der Waals surface area (Å²) in [5.74, 6) is 0. The average molecular weight is 187 g/mol. The lowest BCUT2D eigenvalue weighted by Crippen LogP contribution is -2.37. The predicted molar refractivity (Wildman–Crippen MR) is 53.4 cm³/mol. The smallest absolute Gasteiger partial charge is 0.405 e. The minimum Gasteiger partial charge on any atom is -0.443 e. The third kappa shape index (κ3) is 5.50. The first-order valence-electron chi connectivity index (χ1n) is 4.67. The van der Waals surface area contributed by atoms with Crippen LogP contribution in [0.1, 0.15) is 47.5 Å². The minimum absolute atomic E-state index is 0.139. The lowest BCUT2D eigenvalue weighted by Gasteiger charge is -2.33. The number of carbonyl (C=O) groups excluding carboxylic acids is 1. The Morgan fingerprint density at radius 1 is 1.31 bits per heavy atom. The molecule has 3 heteroatoms. The van der Waals surface area contributed by atoms with Gasteiger partial charge in [0.15, 0.2) is 0 Å². The first kappa shape index (κ1) is 12.3. The first-order chi connectivity index (χ1) is 5.68. The summed E-state index contributed by atoms with van der Waals surface area (Å²) >= 11 is 0. The molecular formula is C10H21NO2. The maximum Gasteiger partial charge on any atom is 0.405 e. The van der Waals surface area contributed by atoms with Gasteiger partial charge in [-0.05, 0) is 25.2 Å². The van der Waals surface area contributed by atoms with Crippen LogP contribution in [0, 0.1) is 5.41 Å². The summed E-state index contributed by atoms with van der Waals surface area (Å²) in [6.07, 6.45) is 0.917. The van der Waals surface area contributed by atoms with Gasteiger partial charge >= 0.3 is 6.09 Å². The van der Waals surface area contributed by atoms with Gasteiger partial charge in [0, 0.05) is 0 Å². The molecule has 0 aliphatic rings. The number of hydrogen-bond donors (Lipinski definition) is 1. The van der Waals surface area contributed by atoms with Gasteiger partial charge in [0.25, 0.3) is 0 Å². The third-order valence-electron chi connectivity index (χ3n) is 2.00. The number of ether oxygens (including phenoxy) is 1. The molecule has 0 radical (unpaired) electrons. The molecule has 1 amide bonds. The summed E-state index contributed by atoms with van der Waals surface area (Å²) in [7, 11) is 0. The highest BCUT2D eigenvalue weighted by atomic mass is 16.6. The quantitative estimate of drug-likeness (QED) is 0.738. The number of hydrogen-bond acceptors (Lipinski definition) is 2. The molecular weight excluding hydrogens is 166 g/mol. The fourth-order valence-corrected chi connectivity index (χ4v) is 1.60. The van der Waals surface area contributed by atoms with Crippen LogP contribution in [0.3, 0.4) is 0 Å². The molecule has 0 fully saturated rings. The highest BCUT2D eigenvalue weighted by Gasteiger charge is 2.31. The summed E-state index contributed by atoms with van der Waals surface area (Å²) in [5, 5.41) is 0. The Bertz CT molecular complexity index is 184. The van der Waals surface area contributed by atoms with E-state index in [0.29, 0.717) is 0 Å². The van der Waals surface area contributed by atoms with Gasteiger partial charge in [-0.15, -0.1) is 0 Å². The van der Waals surface area contributed by atoms with Gasteiger partial charge in [0.05, 0.1) is 0 Å². The number of nitrogens with two attached hydrogens (primary N) is 1. The number of amides is 1. The van der Waals surface area contributed by atoms with Gasteiger partial charge in [0.2, 0.25) is 0 Å². The molecule has 1 atom stereocenters. The molecule has 0 spiro atoms. The van der Waals surface area contributed by atoms with E-state index in [1.54, 1.807) is 0 Å². The standard InChI is InChI=1S/C10H21NO2/c1-6-10(5,13-8(11)12)7-9(2,3)4/h6-7H2,1-5H3,(H2,11,12). The van der Waals surface area contributed by atoms with E-state index in [1.165, 1.54) is 0 Å². The summed E-state index contributed by atoms with van der Waals surface area (Å²) < 4.78 is 5.10. The molecule has 78 valence electrons. The number of rotatable bonds is 3. The van der Waals surface area contributed by atoms with E-state index in [-0.39, 0.29) is 5.41 Å². The van der Waals surface area contributed by atoms with Crippen molar-refractivity contribution in [2.75, 3.05) is 0 Å². The second kappa shape index (κ2) is 3.99. The minimum atomic E-state index is -0.686. The van der Waals surface area contributed by atoms with E-state index in [2.05, 4.69) is 20.8 Å². The maximum absolute atomic E-state index is 10.7. The Hall–Kier alpha value is -0.730. The van der Waals surface area contributed by atoms with Crippen molar-refractivity contribution in [1.82, 2.24) is 0 Å². The Kier molecular flexibility index (Phi) is 3.76. The van der Waals surface area contributed by atoms with Gasteiger partial charge in [-0.1, -0.05) is 27.7 Å². The topological polar surface area (TPSA) is 52.3 Å². The van der Waals surface area contributed by atoms with E-state index < -0.39 is 11.7 Å². The lowest BCUT2D eigenvalue weighted by molar-refractivity contribution is -0.00181. The van der Waals surface area contributed by atoms with Gasteiger partial charge < -0.3 is 10.5 Å². The van der Waals surface area contributed by atoms with Crippen molar-refractivity contribution in [3.8, 4) is 0 Å². The van der Waals surface area contributed by atoms with Crippen LogP contribution < -0.4 is 5.73 Å². The molecule has 3 nitrogen and oxygen atoms in total. The normalized spacial score (nSPS) is 16.4. The fraction of sp³-hybridized carbons (Fsp3) is 0.900. The van der Waals surface area contributed by atoms with Crippen molar-refractivity contribution in [2.45, 2.75) is 53.1 Å². The first-order valence-corrected chi connectivity index (χ1v) is 4.67. The number of primary amides is 1. The summed E-state index contributed by atoms with van der Waals surface area (Å²) in [4.78, 5) is 10.7. The Balaban J connectivity index is 4.36. The lowest BCUT2D eigenvalue weighted by atomic mass is 9.81. The third-order valence-corrected chi connectivity index (χ3v) is 2.00. The summed E-state index contributed by atoms with van der Waals surface area (Å²) in [6.45, 7) is 10.3. The van der Waals surface area contributed by atoms with E-state index in [4.69, 9.17) is 10.5 Å². The Labute approximate surface area is 80.6 Å². The van der Waals surface area contributed by atoms with Gasteiger partial charge in [-0.25, -0.2) is 4.79 Å². The zero-order chi connectivity index (χ0) is 10.7. The maximum atomic E-state index is 10.7. The highest BCUT2D eigenvalue weighted by molar-refractivity contribution is 5.65. The van der Waals surface area contributed by atoms with Crippen LogP contribution in [-0.2, 0) is 4.74 Å². The molecule has 0 aromatic rings. The SMILES string of the molecule is CCC(C)(CC(C)(C)C)OC(N)=O. The van der Waals surface area contributed by atoms with Crippen LogP contribution in [0.5, 0.6) is 0 Å². The van der Waals surface area contributed by atoms with Crippen LogP contribution in [-0.4, -0.2) is 11.7 Å². The van der Waals surface area contributed by atoms with Crippen molar-refractivity contribution < 1.29 is 9.53 Å². The molecule has 13 heavy (non-hydrogen) atoms. The van der Waals surface area contributed by atoms with Crippen molar-refractivity contribution in [1.29, 1.82) is 0 Å². The molecule has 1 unspecified atom stereocenters. The van der Waals surface area contributed by atoms with E-state index in [0.717, 1.165) is 12.8 Å². The number of carbonyl (C=O) groups is 1. The molecule has 0 aliphatic carbocycles. The van der Waals surface area contributed by atoms with Crippen LogP contribution >= 0.6 is 0 Å². The van der Waals surface area contributed by atoms with Crippen LogP contribution in [0.4, 0.5) is 4.79 Å². The Morgan fingerprint density at radius 3 is 2.00 bits per heavy atom. The van der Waals surface area contributed by atoms with E-state index in [1.807, 2.05) is 13.8 Å². The molecule has 0 aromatic carbocycles. The van der Waals surface area contributed by atoms with Gasteiger partial charge in [0.1, 0.15) is 5.60 Å². The largest absolute Gasteiger partial charge is 0.443 e. The monoisotopic (exact) mass is 187 g/mol. The second-order valence-electron chi connectivity index (χ2n) is 4.96. The van der Waals surface area contributed by atoms with Crippen LogP contribution in [0.2, 0.25) is 0 Å². The molecule has 0 aromatic heterocycles. The Morgan fingerprint density at radius 2 is 1.77 bits per heavy atom. The molecule has 0 rings (SSSR count). The van der Waals surface area contributed by atoms with Gasteiger partial charge in [-0.3, -0.25) is 0 Å². The van der Waals surface area contributed by atoms with E-state index in [9.17, 15) is 4.79 Å². The van der Waals surface area contributed by atoms with E-state index >= 15 is 0 Å². The zero-order valence-corrected chi connectivity index (χ0v) is 9.31. The fourth-order valence-electron chi connectivity index (χ4n) is 1.60. The molecule has 2 N–H and O–H groups in total. The van der Waals surface area contributed by atoms with Crippen LogP contribution in [0.15, 0.2) is 0 Å². The average Bonchev–Trinajstić information content (AvgIpc) is 1.81. The van der Waals surface area contributed by atoms with Crippen LogP contribution in [0.25, 0.3) is 0 Å². The molecule has 0 bridgehead atoms. The molecule has 0 saturated heterocycles. The summed E-state index contributed by atoms with van der Waals surface area (Å²) in [6, 6.07) is 0. The van der Waals surface area contributed by atoms with Crippen molar-refractivity contribution in [2.24, 2.45) is 11.1 Å².